The van der Waals surface area contributed by atoms with Gasteiger partial charge >= 0.3 is 0 Å². The van der Waals surface area contributed by atoms with Crippen molar-refractivity contribution in [1.29, 1.82) is 0 Å². The highest BCUT2D eigenvalue weighted by Gasteiger charge is 2.18. The lowest BCUT2D eigenvalue weighted by atomic mass is 10.2. The van der Waals surface area contributed by atoms with E-state index in [0.717, 1.165) is 32.7 Å². The van der Waals surface area contributed by atoms with Crippen molar-refractivity contribution >= 4 is 26.9 Å². The third-order valence-corrected chi connectivity index (χ3v) is 4.89. The number of fused-ring (bicyclic) bond motifs is 1. The second-order valence-electron chi connectivity index (χ2n) is 6.05. The van der Waals surface area contributed by atoms with Gasteiger partial charge in [-0.05, 0) is 43.4 Å². The summed E-state index contributed by atoms with van der Waals surface area (Å²) in [6.45, 7) is 2.63. The van der Waals surface area contributed by atoms with Crippen molar-refractivity contribution in [2.24, 2.45) is 5.92 Å². The van der Waals surface area contributed by atoms with Crippen molar-refractivity contribution in [2.45, 2.75) is 26.3 Å². The second kappa shape index (κ2) is 6.69. The molecule has 126 valence electrons. The molecule has 2 aromatic heterocycles. The van der Waals surface area contributed by atoms with Crippen molar-refractivity contribution in [3.05, 3.63) is 41.2 Å². The van der Waals surface area contributed by atoms with Crippen LogP contribution in [0.25, 0.3) is 10.5 Å². The van der Waals surface area contributed by atoms with E-state index in [9.17, 15) is 0 Å². The maximum absolute atomic E-state index is 5.17. The molecule has 1 saturated carbocycles. The number of nitrogens with zero attached hydrogens (tertiary/aromatic N) is 3. The van der Waals surface area contributed by atoms with Gasteiger partial charge in [0.25, 0.3) is 0 Å². The number of aryl methyl sites for hydroxylation is 1. The normalized spacial score (nSPS) is 13.4. The fourth-order valence-corrected chi connectivity index (χ4v) is 3.14. The van der Waals surface area contributed by atoms with Crippen LogP contribution in [-0.4, -0.2) is 22.1 Å². The molecular formula is C19H18N4OS. The highest BCUT2D eigenvalue weighted by Crippen LogP contribution is 2.28. The standard InChI is InChI=1S/C19H18N4OS/c1-12-16(10-7-13-3-4-13)22-18-17(21-12)23-19(25-18)20-11-14-5-8-15(24-2)9-6-14/h5-6,8-9,13H,3-4,11H2,1-2H3,(H,20,21,23). The van der Waals surface area contributed by atoms with Crippen LogP contribution >= 0.6 is 11.3 Å². The molecule has 6 heteroatoms. The molecule has 1 aromatic carbocycles. The Balaban J connectivity index is 1.51. The molecule has 0 radical (unpaired) electrons. The molecule has 1 N–H and O–H groups in total. The summed E-state index contributed by atoms with van der Waals surface area (Å²) in [5.74, 6) is 7.82. The van der Waals surface area contributed by atoms with E-state index in [4.69, 9.17) is 4.74 Å². The topological polar surface area (TPSA) is 59.9 Å². The van der Waals surface area contributed by atoms with Crippen LogP contribution in [0.15, 0.2) is 24.3 Å². The molecule has 25 heavy (non-hydrogen) atoms. The molecule has 0 bridgehead atoms. The van der Waals surface area contributed by atoms with Crippen LogP contribution in [-0.2, 0) is 6.54 Å². The minimum absolute atomic E-state index is 0.556. The Hall–Kier alpha value is -2.65. The third-order valence-electron chi connectivity index (χ3n) is 4.00. The Morgan fingerprint density at radius 1 is 1.20 bits per heavy atom. The summed E-state index contributed by atoms with van der Waals surface area (Å²) >= 11 is 1.51. The molecule has 5 nitrogen and oxygen atoms in total. The molecule has 3 aromatic rings. The van der Waals surface area contributed by atoms with Gasteiger partial charge in [0, 0.05) is 12.5 Å². The SMILES string of the molecule is COc1ccc(CNc2nc3nc(C)c(C#CC4CC4)nc3s2)cc1. The van der Waals surface area contributed by atoms with Crippen LogP contribution in [0, 0.1) is 24.7 Å². The number of rotatable bonds is 4. The van der Waals surface area contributed by atoms with E-state index in [-0.39, 0.29) is 0 Å². The van der Waals surface area contributed by atoms with Crippen molar-refractivity contribution in [2.75, 3.05) is 12.4 Å². The predicted octanol–water partition coefficient (Wildman–Crippen LogP) is 3.78. The highest BCUT2D eigenvalue weighted by atomic mass is 32.1. The van der Waals surface area contributed by atoms with Gasteiger partial charge in [0.2, 0.25) is 0 Å². The second-order valence-corrected chi connectivity index (χ2v) is 7.03. The lowest BCUT2D eigenvalue weighted by Crippen LogP contribution is -1.98. The Bertz CT molecular complexity index is 965. The molecule has 0 amide bonds. The van der Waals surface area contributed by atoms with Crippen molar-refractivity contribution in [1.82, 2.24) is 15.0 Å². The van der Waals surface area contributed by atoms with Gasteiger partial charge in [-0.2, -0.15) is 4.98 Å². The summed E-state index contributed by atoms with van der Waals surface area (Å²) in [6, 6.07) is 7.97. The number of thiazole rings is 1. The fourth-order valence-electron chi connectivity index (χ4n) is 2.36. The Labute approximate surface area is 150 Å². The molecule has 4 rings (SSSR count). The van der Waals surface area contributed by atoms with Gasteiger partial charge in [0.05, 0.1) is 12.8 Å². The highest BCUT2D eigenvalue weighted by molar-refractivity contribution is 7.21. The Kier molecular flexibility index (Phi) is 4.24. The van der Waals surface area contributed by atoms with Crippen LogP contribution < -0.4 is 10.1 Å². The molecule has 0 spiro atoms. The molecule has 2 heterocycles. The summed E-state index contributed by atoms with van der Waals surface area (Å²) in [6.07, 6.45) is 2.42. The van der Waals surface area contributed by atoms with E-state index in [0.29, 0.717) is 18.1 Å². The minimum atomic E-state index is 0.556. The third kappa shape index (κ3) is 3.72. The van der Waals surface area contributed by atoms with E-state index >= 15 is 0 Å². The van der Waals surface area contributed by atoms with Crippen LogP contribution in [0.1, 0.15) is 29.8 Å². The van der Waals surface area contributed by atoms with Crippen LogP contribution in [0.5, 0.6) is 5.75 Å². The van der Waals surface area contributed by atoms with E-state index < -0.39 is 0 Å². The zero-order valence-electron chi connectivity index (χ0n) is 14.2. The molecule has 0 atom stereocenters. The number of methoxy groups -OCH3 is 1. The zero-order chi connectivity index (χ0) is 17.2. The van der Waals surface area contributed by atoms with Crippen molar-refractivity contribution in [3.63, 3.8) is 0 Å². The molecule has 0 saturated heterocycles. The van der Waals surface area contributed by atoms with Gasteiger partial charge in [-0.25, -0.2) is 9.97 Å². The van der Waals surface area contributed by atoms with Gasteiger partial charge in [-0.15, -0.1) is 0 Å². The molecule has 1 aliphatic carbocycles. The number of ether oxygens (including phenoxy) is 1. The number of hydrogen-bond donors (Lipinski definition) is 1. The summed E-state index contributed by atoms with van der Waals surface area (Å²) < 4.78 is 5.17. The number of anilines is 1. The molecule has 0 aliphatic heterocycles. The first-order valence-electron chi connectivity index (χ1n) is 8.25. The zero-order valence-corrected chi connectivity index (χ0v) is 15.0. The van der Waals surface area contributed by atoms with E-state index in [1.807, 2.05) is 31.2 Å². The average Bonchev–Trinajstić information content (AvgIpc) is 3.38. The van der Waals surface area contributed by atoms with E-state index in [2.05, 4.69) is 32.1 Å². The summed E-state index contributed by atoms with van der Waals surface area (Å²) in [5.41, 5.74) is 3.45. The van der Waals surface area contributed by atoms with Gasteiger partial charge in [-0.1, -0.05) is 29.4 Å². The monoisotopic (exact) mass is 350 g/mol. The summed E-state index contributed by atoms with van der Waals surface area (Å²) in [7, 11) is 1.67. The molecular weight excluding hydrogens is 332 g/mol. The number of nitrogens with one attached hydrogen (secondary N) is 1. The largest absolute Gasteiger partial charge is 0.497 e. The first-order chi connectivity index (χ1) is 12.2. The lowest BCUT2D eigenvalue weighted by molar-refractivity contribution is 0.414. The Morgan fingerprint density at radius 3 is 2.72 bits per heavy atom. The summed E-state index contributed by atoms with van der Waals surface area (Å²) in [4.78, 5) is 14.5. The smallest absolute Gasteiger partial charge is 0.191 e. The van der Waals surface area contributed by atoms with Gasteiger partial charge in [0.1, 0.15) is 11.4 Å². The Morgan fingerprint density at radius 2 is 2.00 bits per heavy atom. The van der Waals surface area contributed by atoms with Crippen molar-refractivity contribution in [3.8, 4) is 17.6 Å². The molecule has 0 unspecified atom stereocenters. The van der Waals surface area contributed by atoms with E-state index in [1.54, 1.807) is 7.11 Å². The summed E-state index contributed by atoms with van der Waals surface area (Å²) in [5, 5.41) is 4.15. The quantitative estimate of drug-likeness (QED) is 0.726. The minimum Gasteiger partial charge on any atom is -0.497 e. The van der Waals surface area contributed by atoms with Crippen molar-refractivity contribution < 1.29 is 4.74 Å². The maximum Gasteiger partial charge on any atom is 0.191 e. The predicted molar refractivity (Wildman–Crippen MR) is 99.9 cm³/mol. The first-order valence-corrected chi connectivity index (χ1v) is 9.06. The van der Waals surface area contributed by atoms with Crippen LogP contribution in [0.2, 0.25) is 0 Å². The number of aromatic nitrogens is 3. The fraction of sp³-hybridized carbons (Fsp3) is 0.316. The number of benzene rings is 1. The molecule has 1 fully saturated rings. The van der Waals surface area contributed by atoms with Gasteiger partial charge in [-0.3, -0.25) is 0 Å². The van der Waals surface area contributed by atoms with Gasteiger partial charge < -0.3 is 10.1 Å². The lowest BCUT2D eigenvalue weighted by Gasteiger charge is -2.04. The average molecular weight is 350 g/mol. The first kappa shape index (κ1) is 15.9. The van der Waals surface area contributed by atoms with Gasteiger partial charge in [0.15, 0.2) is 15.6 Å². The maximum atomic E-state index is 5.17. The molecule has 1 aliphatic rings. The van der Waals surface area contributed by atoms with Crippen LogP contribution in [0.4, 0.5) is 5.13 Å². The van der Waals surface area contributed by atoms with Crippen LogP contribution in [0.3, 0.4) is 0 Å². The van der Waals surface area contributed by atoms with E-state index in [1.165, 1.54) is 24.2 Å². The number of hydrogen-bond acceptors (Lipinski definition) is 6.